The summed E-state index contributed by atoms with van der Waals surface area (Å²) >= 11 is 1.10. The molecule has 2 aromatic heterocycles. The van der Waals surface area contributed by atoms with Gasteiger partial charge in [0.15, 0.2) is 5.76 Å². The van der Waals surface area contributed by atoms with Gasteiger partial charge in [0.05, 0.1) is 18.6 Å². The highest BCUT2D eigenvalue weighted by Crippen LogP contribution is 2.23. The maximum Gasteiger partial charge on any atom is 0.284 e. The van der Waals surface area contributed by atoms with Crippen LogP contribution in [0, 0.1) is 6.92 Å². The van der Waals surface area contributed by atoms with E-state index in [2.05, 4.69) is 15.5 Å². The molecule has 140 valence electrons. The number of furan rings is 1. The van der Waals surface area contributed by atoms with Crippen molar-refractivity contribution >= 4 is 29.3 Å². The largest absolute Gasteiger partial charge is 0.459 e. The SMILES string of the molecule is Cc1ccc(NC(=O)CN(C)C(=O)CSc2nnc(-c3ccco3)o2)cc1. The van der Waals surface area contributed by atoms with E-state index in [1.165, 1.54) is 11.2 Å². The van der Waals surface area contributed by atoms with Gasteiger partial charge in [-0.3, -0.25) is 9.59 Å². The van der Waals surface area contributed by atoms with Crippen molar-refractivity contribution in [3.63, 3.8) is 0 Å². The second-order valence-electron chi connectivity index (χ2n) is 5.80. The van der Waals surface area contributed by atoms with Crippen molar-refractivity contribution < 1.29 is 18.4 Å². The van der Waals surface area contributed by atoms with Gasteiger partial charge < -0.3 is 19.1 Å². The average molecular weight is 386 g/mol. The molecular formula is C18H18N4O4S. The lowest BCUT2D eigenvalue weighted by molar-refractivity contribution is -0.131. The molecule has 0 fully saturated rings. The molecule has 2 amide bonds. The minimum atomic E-state index is -0.266. The number of nitrogens with zero attached hydrogens (tertiary/aromatic N) is 3. The van der Waals surface area contributed by atoms with Gasteiger partial charge in [-0.05, 0) is 31.2 Å². The summed E-state index contributed by atoms with van der Waals surface area (Å²) in [6, 6.07) is 10.9. The molecule has 0 saturated heterocycles. The molecule has 27 heavy (non-hydrogen) atoms. The van der Waals surface area contributed by atoms with E-state index in [0.29, 0.717) is 11.4 Å². The molecule has 0 atom stereocenters. The molecule has 1 N–H and O–H groups in total. The monoisotopic (exact) mass is 386 g/mol. The van der Waals surface area contributed by atoms with E-state index < -0.39 is 0 Å². The minimum Gasteiger partial charge on any atom is -0.459 e. The summed E-state index contributed by atoms with van der Waals surface area (Å²) in [6.07, 6.45) is 1.51. The maximum absolute atomic E-state index is 12.2. The Morgan fingerprint density at radius 3 is 2.67 bits per heavy atom. The predicted octanol–water partition coefficient (Wildman–Crippen LogP) is 2.83. The fraction of sp³-hybridized carbons (Fsp3) is 0.222. The number of likely N-dealkylation sites (N-methyl/N-ethyl adjacent to an activating group) is 1. The van der Waals surface area contributed by atoms with Crippen LogP contribution >= 0.6 is 11.8 Å². The summed E-state index contributed by atoms with van der Waals surface area (Å²) in [5, 5.41) is 10.7. The molecule has 9 heteroatoms. The highest BCUT2D eigenvalue weighted by molar-refractivity contribution is 7.99. The van der Waals surface area contributed by atoms with E-state index in [-0.39, 0.29) is 35.2 Å². The first kappa shape index (κ1) is 18.7. The molecule has 0 saturated carbocycles. The average Bonchev–Trinajstić information content (AvgIpc) is 3.33. The molecular weight excluding hydrogens is 368 g/mol. The molecule has 1 aromatic carbocycles. The predicted molar refractivity (Wildman–Crippen MR) is 100 cm³/mol. The van der Waals surface area contributed by atoms with Crippen LogP contribution in [0.5, 0.6) is 0 Å². The number of amides is 2. The number of hydrogen-bond donors (Lipinski definition) is 1. The quantitative estimate of drug-likeness (QED) is 0.623. The lowest BCUT2D eigenvalue weighted by Crippen LogP contribution is -2.35. The molecule has 8 nitrogen and oxygen atoms in total. The van der Waals surface area contributed by atoms with Gasteiger partial charge in [0.25, 0.3) is 11.1 Å². The first-order valence-corrected chi connectivity index (χ1v) is 9.10. The van der Waals surface area contributed by atoms with Crippen LogP contribution in [0.15, 0.2) is 56.7 Å². The van der Waals surface area contributed by atoms with Crippen LogP contribution in [-0.4, -0.2) is 46.3 Å². The number of aryl methyl sites for hydroxylation is 1. The zero-order chi connectivity index (χ0) is 19.2. The van der Waals surface area contributed by atoms with Gasteiger partial charge in [0, 0.05) is 12.7 Å². The first-order valence-electron chi connectivity index (χ1n) is 8.12. The summed E-state index contributed by atoms with van der Waals surface area (Å²) < 4.78 is 10.6. The Morgan fingerprint density at radius 1 is 1.19 bits per heavy atom. The Kier molecular flexibility index (Phi) is 5.92. The Labute approximate surface area is 159 Å². The van der Waals surface area contributed by atoms with Gasteiger partial charge in [0.1, 0.15) is 0 Å². The van der Waals surface area contributed by atoms with Crippen molar-refractivity contribution in [3.8, 4) is 11.7 Å². The summed E-state index contributed by atoms with van der Waals surface area (Å²) in [7, 11) is 1.57. The molecule has 0 aliphatic rings. The van der Waals surface area contributed by atoms with Crippen LogP contribution < -0.4 is 5.32 Å². The molecule has 0 unspecified atom stereocenters. The number of aromatic nitrogens is 2. The van der Waals surface area contributed by atoms with Crippen molar-refractivity contribution in [2.24, 2.45) is 0 Å². The van der Waals surface area contributed by atoms with Gasteiger partial charge in [-0.25, -0.2) is 0 Å². The highest BCUT2D eigenvalue weighted by atomic mass is 32.2. The lowest BCUT2D eigenvalue weighted by Gasteiger charge is -2.16. The summed E-state index contributed by atoms with van der Waals surface area (Å²) in [6.45, 7) is 1.92. The van der Waals surface area contributed by atoms with E-state index in [1.807, 2.05) is 31.2 Å². The molecule has 3 aromatic rings. The van der Waals surface area contributed by atoms with E-state index in [9.17, 15) is 9.59 Å². The second-order valence-corrected chi connectivity index (χ2v) is 6.73. The molecule has 0 aliphatic heterocycles. The number of rotatable bonds is 7. The van der Waals surface area contributed by atoms with Gasteiger partial charge in [-0.2, -0.15) is 0 Å². The smallest absolute Gasteiger partial charge is 0.284 e. The van der Waals surface area contributed by atoms with Gasteiger partial charge >= 0.3 is 0 Å². The Morgan fingerprint density at radius 2 is 1.96 bits per heavy atom. The zero-order valence-electron chi connectivity index (χ0n) is 14.8. The van der Waals surface area contributed by atoms with Crippen LogP contribution in [0.3, 0.4) is 0 Å². The first-order chi connectivity index (χ1) is 13.0. The number of carbonyl (C=O) groups is 2. The Balaban J connectivity index is 1.46. The normalized spacial score (nSPS) is 10.6. The molecule has 0 bridgehead atoms. The third-order valence-electron chi connectivity index (χ3n) is 3.60. The van der Waals surface area contributed by atoms with Gasteiger partial charge in [0.2, 0.25) is 11.8 Å². The van der Waals surface area contributed by atoms with Crippen molar-refractivity contribution in [2.45, 2.75) is 12.1 Å². The van der Waals surface area contributed by atoms with Gasteiger partial charge in [-0.15, -0.1) is 10.2 Å². The standard InChI is InChI=1S/C18H18N4O4S/c1-12-5-7-13(8-6-12)19-15(23)10-22(2)16(24)11-27-18-21-20-17(26-18)14-4-3-9-25-14/h3-9H,10-11H2,1-2H3,(H,19,23). The fourth-order valence-corrected chi connectivity index (χ4v) is 2.85. The molecule has 0 radical (unpaired) electrons. The van der Waals surface area contributed by atoms with Crippen LogP contribution in [0.2, 0.25) is 0 Å². The molecule has 2 heterocycles. The zero-order valence-corrected chi connectivity index (χ0v) is 15.7. The van der Waals surface area contributed by atoms with Crippen molar-refractivity contribution in [2.75, 3.05) is 24.7 Å². The van der Waals surface area contributed by atoms with Crippen molar-refractivity contribution in [3.05, 3.63) is 48.2 Å². The van der Waals surface area contributed by atoms with Crippen LogP contribution in [0.4, 0.5) is 5.69 Å². The summed E-state index contributed by atoms with van der Waals surface area (Å²) in [5.74, 6) is 0.300. The summed E-state index contributed by atoms with van der Waals surface area (Å²) in [5.41, 5.74) is 1.80. The molecule has 0 spiro atoms. The van der Waals surface area contributed by atoms with Crippen LogP contribution in [0.1, 0.15) is 5.56 Å². The Bertz CT molecular complexity index is 906. The molecule has 3 rings (SSSR count). The fourth-order valence-electron chi connectivity index (χ4n) is 2.14. The van der Waals surface area contributed by atoms with E-state index >= 15 is 0 Å². The van der Waals surface area contributed by atoms with Crippen molar-refractivity contribution in [1.82, 2.24) is 15.1 Å². The van der Waals surface area contributed by atoms with Crippen LogP contribution in [-0.2, 0) is 9.59 Å². The van der Waals surface area contributed by atoms with Crippen molar-refractivity contribution in [1.29, 1.82) is 0 Å². The van der Waals surface area contributed by atoms with E-state index in [4.69, 9.17) is 8.83 Å². The Hall–Kier alpha value is -3.07. The maximum atomic E-state index is 12.2. The van der Waals surface area contributed by atoms with E-state index in [0.717, 1.165) is 17.3 Å². The topological polar surface area (TPSA) is 101 Å². The van der Waals surface area contributed by atoms with E-state index in [1.54, 1.807) is 19.2 Å². The second kappa shape index (κ2) is 8.54. The minimum absolute atomic E-state index is 0.0469. The number of carbonyl (C=O) groups excluding carboxylic acids is 2. The third kappa shape index (κ3) is 5.20. The molecule has 0 aliphatic carbocycles. The number of anilines is 1. The van der Waals surface area contributed by atoms with Crippen LogP contribution in [0.25, 0.3) is 11.7 Å². The number of thioether (sulfide) groups is 1. The lowest BCUT2D eigenvalue weighted by atomic mass is 10.2. The number of nitrogens with one attached hydrogen (secondary N) is 1. The van der Waals surface area contributed by atoms with Gasteiger partial charge in [-0.1, -0.05) is 29.5 Å². The summed E-state index contributed by atoms with van der Waals surface area (Å²) in [4.78, 5) is 25.6. The number of hydrogen-bond acceptors (Lipinski definition) is 7. The third-order valence-corrected chi connectivity index (χ3v) is 4.40. The highest BCUT2D eigenvalue weighted by Gasteiger charge is 2.16. The number of benzene rings is 1.